The molecular weight excluding hydrogens is 456 g/mol. The van der Waals surface area contributed by atoms with Crippen molar-refractivity contribution in [3.8, 4) is 17.1 Å². The molecule has 34 heavy (non-hydrogen) atoms. The third kappa shape index (κ3) is 5.60. The highest BCUT2D eigenvalue weighted by Gasteiger charge is 2.23. The van der Waals surface area contributed by atoms with Gasteiger partial charge in [0.15, 0.2) is 0 Å². The summed E-state index contributed by atoms with van der Waals surface area (Å²) in [5, 5.41) is 15.0. The summed E-state index contributed by atoms with van der Waals surface area (Å²) in [6.07, 6.45) is 0. The molecule has 1 heterocycles. The van der Waals surface area contributed by atoms with Gasteiger partial charge in [0.2, 0.25) is 21.8 Å². The Bertz CT molecular complexity index is 1230. The zero-order valence-electron chi connectivity index (χ0n) is 20.0. The fourth-order valence-corrected chi connectivity index (χ4v) is 4.90. The molecule has 2 aromatic carbocycles. The van der Waals surface area contributed by atoms with Gasteiger partial charge in [-0.05, 0) is 34.9 Å². The van der Waals surface area contributed by atoms with E-state index >= 15 is 0 Å². The minimum Gasteiger partial charge on any atom is -0.495 e. The van der Waals surface area contributed by atoms with E-state index in [4.69, 9.17) is 4.74 Å². The number of amides is 1. The Hall–Kier alpha value is -3.31. The molecule has 0 aliphatic heterocycles. The number of aromatic nitrogens is 4. The van der Waals surface area contributed by atoms with Crippen LogP contribution < -0.4 is 10.1 Å². The van der Waals surface area contributed by atoms with Crippen LogP contribution in [0.5, 0.6) is 5.75 Å². The molecule has 10 nitrogen and oxygen atoms in total. The Kier molecular flexibility index (Phi) is 8.00. The normalized spacial score (nSPS) is 11.7. The highest BCUT2D eigenvalue weighted by atomic mass is 32.2. The number of hydrogen-bond acceptors (Lipinski definition) is 7. The molecule has 1 N–H and O–H groups in total. The van der Waals surface area contributed by atoms with Crippen LogP contribution in [-0.4, -0.2) is 59.0 Å². The summed E-state index contributed by atoms with van der Waals surface area (Å²) in [5.41, 5.74) is 2.24. The van der Waals surface area contributed by atoms with Crippen LogP contribution in [-0.2, 0) is 21.4 Å². The van der Waals surface area contributed by atoms with Crippen LogP contribution in [0.2, 0.25) is 0 Å². The summed E-state index contributed by atoms with van der Waals surface area (Å²) in [6, 6.07) is 12.2. The largest absolute Gasteiger partial charge is 0.495 e. The average molecular weight is 487 g/mol. The number of nitrogens with zero attached hydrogens (tertiary/aromatic N) is 5. The molecular formula is C23H30N6O4S. The zero-order chi connectivity index (χ0) is 24.9. The number of nitrogens with one attached hydrogen (secondary N) is 1. The van der Waals surface area contributed by atoms with Crippen LogP contribution in [0.4, 0.5) is 5.69 Å². The number of tetrazole rings is 1. The van der Waals surface area contributed by atoms with Crippen molar-refractivity contribution < 1.29 is 17.9 Å². The molecule has 3 aromatic rings. The lowest BCUT2D eigenvalue weighted by atomic mass is 10.0. The van der Waals surface area contributed by atoms with Crippen LogP contribution in [0.1, 0.15) is 39.2 Å². The van der Waals surface area contributed by atoms with Crippen molar-refractivity contribution in [3.63, 3.8) is 0 Å². The fraction of sp³-hybridized carbons (Fsp3) is 0.391. The maximum absolute atomic E-state index is 12.9. The molecule has 11 heteroatoms. The van der Waals surface area contributed by atoms with Crippen LogP contribution >= 0.6 is 0 Å². The molecule has 0 saturated heterocycles. The highest BCUT2D eigenvalue weighted by Crippen LogP contribution is 2.29. The van der Waals surface area contributed by atoms with E-state index in [0.29, 0.717) is 30.6 Å². The maximum Gasteiger partial charge on any atom is 0.248 e. The molecule has 0 spiro atoms. The summed E-state index contributed by atoms with van der Waals surface area (Å²) in [4.78, 5) is 13.9. The van der Waals surface area contributed by atoms with Crippen LogP contribution in [0, 0.1) is 0 Å². The van der Waals surface area contributed by atoms with Gasteiger partial charge in [-0.3, -0.25) is 4.79 Å². The quantitative estimate of drug-likeness (QED) is 0.467. The number of methoxy groups -OCH3 is 1. The first kappa shape index (κ1) is 25.3. The van der Waals surface area contributed by atoms with E-state index in [9.17, 15) is 13.2 Å². The minimum absolute atomic E-state index is 0.0679. The number of anilines is 1. The molecule has 182 valence electrons. The topological polar surface area (TPSA) is 119 Å². The molecule has 0 saturated carbocycles. The smallest absolute Gasteiger partial charge is 0.248 e. The fourth-order valence-electron chi connectivity index (χ4n) is 3.42. The highest BCUT2D eigenvalue weighted by molar-refractivity contribution is 7.89. The van der Waals surface area contributed by atoms with Crippen LogP contribution in [0.25, 0.3) is 11.4 Å². The zero-order valence-corrected chi connectivity index (χ0v) is 20.8. The Balaban J connectivity index is 1.76. The van der Waals surface area contributed by atoms with Crippen molar-refractivity contribution in [2.24, 2.45) is 0 Å². The van der Waals surface area contributed by atoms with Gasteiger partial charge < -0.3 is 10.1 Å². The van der Waals surface area contributed by atoms with E-state index in [0.717, 1.165) is 5.56 Å². The predicted molar refractivity (Wildman–Crippen MR) is 129 cm³/mol. The second kappa shape index (κ2) is 10.7. The van der Waals surface area contributed by atoms with Gasteiger partial charge in [0, 0.05) is 18.7 Å². The Morgan fingerprint density at radius 3 is 2.38 bits per heavy atom. The van der Waals surface area contributed by atoms with Crippen LogP contribution in [0.15, 0.2) is 47.4 Å². The third-order valence-corrected chi connectivity index (χ3v) is 7.41. The second-order valence-electron chi connectivity index (χ2n) is 7.92. The number of hydrogen-bond donors (Lipinski definition) is 1. The Morgan fingerprint density at radius 2 is 1.79 bits per heavy atom. The Morgan fingerprint density at radius 1 is 1.12 bits per heavy atom. The van der Waals surface area contributed by atoms with E-state index in [-0.39, 0.29) is 17.1 Å². The molecule has 0 fully saturated rings. The first-order valence-electron chi connectivity index (χ1n) is 11.1. The van der Waals surface area contributed by atoms with Crippen molar-refractivity contribution >= 4 is 21.6 Å². The van der Waals surface area contributed by atoms with E-state index in [1.54, 1.807) is 13.8 Å². The minimum atomic E-state index is -3.69. The van der Waals surface area contributed by atoms with Crippen LogP contribution in [0.3, 0.4) is 0 Å². The number of rotatable bonds is 10. The third-order valence-electron chi connectivity index (χ3n) is 5.36. The lowest BCUT2D eigenvalue weighted by Crippen LogP contribution is -2.30. The van der Waals surface area contributed by atoms with E-state index in [1.165, 1.54) is 40.0 Å². The van der Waals surface area contributed by atoms with E-state index in [2.05, 4.69) is 34.6 Å². The Labute approximate surface area is 200 Å². The molecule has 0 unspecified atom stereocenters. The second-order valence-corrected chi connectivity index (χ2v) is 9.86. The number of carbonyl (C=O) groups excluding carboxylic acids is 1. The molecule has 1 amide bonds. The van der Waals surface area contributed by atoms with Gasteiger partial charge in [0.25, 0.3) is 0 Å². The number of carbonyl (C=O) groups is 1. The van der Waals surface area contributed by atoms with Crippen molar-refractivity contribution in [3.05, 3.63) is 48.0 Å². The maximum atomic E-state index is 12.9. The summed E-state index contributed by atoms with van der Waals surface area (Å²) in [5.74, 6) is 0.714. The molecule has 0 aliphatic rings. The molecule has 1 aromatic heterocycles. The lowest BCUT2D eigenvalue weighted by molar-refractivity contribution is -0.117. The lowest BCUT2D eigenvalue weighted by Gasteiger charge is -2.19. The molecule has 3 rings (SSSR count). The standard InChI is InChI=1S/C23H30N6O4S/c1-6-28(7-2)34(31,32)19-12-13-21(33-5)20(14-19)24-22(30)15-29-26-23(25-27-29)18-10-8-17(9-11-18)16(3)4/h8-14,16H,6-7,15H2,1-5H3,(H,24,30). The van der Waals surface area contributed by atoms with Crippen molar-refractivity contribution in [2.75, 3.05) is 25.5 Å². The molecule has 0 atom stereocenters. The van der Waals surface area contributed by atoms with E-state index in [1.807, 2.05) is 24.3 Å². The first-order valence-corrected chi connectivity index (χ1v) is 12.5. The summed E-state index contributed by atoms with van der Waals surface area (Å²) in [6.45, 7) is 8.25. The van der Waals surface area contributed by atoms with Gasteiger partial charge in [-0.1, -0.05) is 52.0 Å². The van der Waals surface area contributed by atoms with Gasteiger partial charge >= 0.3 is 0 Å². The van der Waals surface area contributed by atoms with E-state index < -0.39 is 15.9 Å². The average Bonchev–Trinajstić information content (AvgIpc) is 3.28. The van der Waals surface area contributed by atoms with Gasteiger partial charge in [0.1, 0.15) is 12.3 Å². The van der Waals surface area contributed by atoms with Crippen molar-refractivity contribution in [1.82, 2.24) is 24.5 Å². The summed E-state index contributed by atoms with van der Waals surface area (Å²) < 4.78 is 32.4. The van der Waals surface area contributed by atoms with Gasteiger partial charge in [-0.25, -0.2) is 8.42 Å². The van der Waals surface area contributed by atoms with Crippen molar-refractivity contribution in [1.29, 1.82) is 0 Å². The first-order chi connectivity index (χ1) is 16.2. The van der Waals surface area contributed by atoms with Gasteiger partial charge in [-0.2, -0.15) is 9.10 Å². The monoisotopic (exact) mass is 486 g/mol. The summed E-state index contributed by atoms with van der Waals surface area (Å²) >= 11 is 0. The van der Waals surface area contributed by atoms with Gasteiger partial charge in [-0.15, -0.1) is 10.2 Å². The molecule has 0 aliphatic carbocycles. The number of ether oxygens (including phenoxy) is 1. The molecule has 0 bridgehead atoms. The molecule has 0 radical (unpaired) electrons. The van der Waals surface area contributed by atoms with Gasteiger partial charge in [0.05, 0.1) is 17.7 Å². The number of benzene rings is 2. The summed E-state index contributed by atoms with van der Waals surface area (Å²) in [7, 11) is -2.25. The number of sulfonamides is 1. The SMILES string of the molecule is CCN(CC)S(=O)(=O)c1ccc(OC)c(NC(=O)Cn2nnc(-c3ccc(C(C)C)cc3)n2)c1. The van der Waals surface area contributed by atoms with Crippen molar-refractivity contribution in [2.45, 2.75) is 45.1 Å². The predicted octanol–water partition coefficient (Wildman–Crippen LogP) is 3.14.